The average Bonchev–Trinajstić information content (AvgIpc) is 2.94. The Morgan fingerprint density at radius 1 is 1.07 bits per heavy atom. The van der Waals surface area contributed by atoms with Crippen LogP contribution in [0.15, 0.2) is 54.7 Å². The largest absolute Gasteiger partial charge is 0.356 e. The zero-order valence-electron chi connectivity index (χ0n) is 14.9. The van der Waals surface area contributed by atoms with Gasteiger partial charge in [0.1, 0.15) is 6.04 Å². The Morgan fingerprint density at radius 3 is 2.59 bits per heavy atom. The smallest absolute Gasteiger partial charge is 0.324 e. The van der Waals surface area contributed by atoms with Crippen molar-refractivity contribution in [3.8, 4) is 0 Å². The first kappa shape index (κ1) is 18.6. The summed E-state index contributed by atoms with van der Waals surface area (Å²) in [4.78, 5) is 41.9. The number of carbonyl (C=O) groups excluding carboxylic acids is 3. The summed E-state index contributed by atoms with van der Waals surface area (Å²) in [7, 11) is 0. The molecule has 0 unspecified atom stereocenters. The number of pyridine rings is 1. The third kappa shape index (κ3) is 5.13. The van der Waals surface area contributed by atoms with Gasteiger partial charge in [0.25, 0.3) is 5.91 Å². The van der Waals surface area contributed by atoms with Crippen LogP contribution in [0.1, 0.15) is 17.7 Å². The number of nitrogens with one attached hydrogen (secondary N) is 2. The molecular weight excluding hydrogens is 344 g/mol. The molecule has 4 amide bonds. The van der Waals surface area contributed by atoms with Gasteiger partial charge in [-0.05, 0) is 24.1 Å². The minimum absolute atomic E-state index is 0.0609. The molecule has 0 bridgehead atoms. The Balaban J connectivity index is 1.44. The molecule has 1 saturated heterocycles. The number of benzene rings is 1. The predicted molar refractivity (Wildman–Crippen MR) is 99.7 cm³/mol. The monoisotopic (exact) mass is 366 g/mol. The molecule has 2 aromatic rings. The second-order valence-electron chi connectivity index (χ2n) is 6.35. The number of hydrogen-bond acceptors (Lipinski definition) is 4. The van der Waals surface area contributed by atoms with Crippen LogP contribution in [0.3, 0.4) is 0 Å². The fraction of sp³-hybridized carbons (Fsp3) is 0.300. The summed E-state index contributed by atoms with van der Waals surface area (Å²) in [5, 5.41) is 5.36. The summed E-state index contributed by atoms with van der Waals surface area (Å²) in [6.07, 6.45) is 2.84. The standard InChI is InChI=1S/C20H22N4O3/c25-18(22-12-9-16-8-4-5-11-21-16)14-17-19(26)24(20(27)23-17)13-10-15-6-2-1-3-7-15/h1-8,11,17H,9-10,12-14H2,(H,22,25)(H,23,27)/t17-/m0/s1. The SMILES string of the molecule is O=C(C[C@@H]1NC(=O)N(CCc2ccccc2)C1=O)NCCc1ccccn1. The molecule has 0 radical (unpaired) electrons. The molecular formula is C20H22N4O3. The molecule has 7 heteroatoms. The molecule has 3 rings (SSSR count). The Bertz CT molecular complexity index is 795. The van der Waals surface area contributed by atoms with E-state index in [4.69, 9.17) is 0 Å². The Labute approximate surface area is 157 Å². The minimum Gasteiger partial charge on any atom is -0.356 e. The van der Waals surface area contributed by atoms with Crippen molar-refractivity contribution < 1.29 is 14.4 Å². The van der Waals surface area contributed by atoms with Crippen LogP contribution in [-0.4, -0.2) is 46.9 Å². The molecule has 140 valence electrons. The van der Waals surface area contributed by atoms with E-state index in [1.807, 2.05) is 48.5 Å². The van der Waals surface area contributed by atoms with Gasteiger partial charge in [-0.25, -0.2) is 4.79 Å². The van der Waals surface area contributed by atoms with Crippen LogP contribution in [0.5, 0.6) is 0 Å². The van der Waals surface area contributed by atoms with Gasteiger partial charge in [-0.2, -0.15) is 0 Å². The second kappa shape index (κ2) is 8.93. The molecule has 1 fully saturated rings. The molecule has 1 atom stereocenters. The van der Waals surface area contributed by atoms with Crippen LogP contribution in [0.2, 0.25) is 0 Å². The van der Waals surface area contributed by atoms with Crippen molar-refractivity contribution >= 4 is 17.8 Å². The summed E-state index contributed by atoms with van der Waals surface area (Å²) >= 11 is 0. The number of rotatable bonds is 8. The number of amides is 4. The summed E-state index contributed by atoms with van der Waals surface area (Å²) in [5.41, 5.74) is 1.93. The highest BCUT2D eigenvalue weighted by atomic mass is 16.2. The molecule has 0 aliphatic carbocycles. The Morgan fingerprint density at radius 2 is 1.85 bits per heavy atom. The highest BCUT2D eigenvalue weighted by Crippen LogP contribution is 2.11. The zero-order chi connectivity index (χ0) is 19.1. The van der Waals surface area contributed by atoms with Gasteiger partial charge in [-0.3, -0.25) is 19.5 Å². The maximum Gasteiger partial charge on any atom is 0.324 e. The van der Waals surface area contributed by atoms with E-state index in [0.717, 1.165) is 11.3 Å². The van der Waals surface area contributed by atoms with Crippen LogP contribution < -0.4 is 10.6 Å². The summed E-state index contributed by atoms with van der Waals surface area (Å²) in [6, 6.07) is 14.0. The van der Waals surface area contributed by atoms with Gasteiger partial charge < -0.3 is 10.6 Å². The Hall–Kier alpha value is -3.22. The molecule has 1 aliphatic rings. The fourth-order valence-corrected chi connectivity index (χ4v) is 2.95. The molecule has 2 N–H and O–H groups in total. The van der Waals surface area contributed by atoms with Gasteiger partial charge in [0, 0.05) is 31.4 Å². The lowest BCUT2D eigenvalue weighted by molar-refractivity contribution is -0.130. The summed E-state index contributed by atoms with van der Waals surface area (Å²) < 4.78 is 0. The zero-order valence-corrected chi connectivity index (χ0v) is 14.9. The average molecular weight is 366 g/mol. The highest BCUT2D eigenvalue weighted by molar-refractivity contribution is 6.05. The predicted octanol–water partition coefficient (Wildman–Crippen LogP) is 1.29. The lowest BCUT2D eigenvalue weighted by atomic mass is 10.1. The van der Waals surface area contributed by atoms with Crippen molar-refractivity contribution in [1.82, 2.24) is 20.5 Å². The van der Waals surface area contributed by atoms with Crippen molar-refractivity contribution in [2.24, 2.45) is 0 Å². The number of hydrogen-bond donors (Lipinski definition) is 2. The minimum atomic E-state index is -0.803. The first-order chi connectivity index (χ1) is 13.1. The summed E-state index contributed by atoms with van der Waals surface area (Å²) in [5.74, 6) is -0.620. The number of imide groups is 1. The van der Waals surface area contributed by atoms with Gasteiger partial charge in [0.2, 0.25) is 5.91 Å². The molecule has 27 heavy (non-hydrogen) atoms. The number of urea groups is 1. The number of nitrogens with zero attached hydrogens (tertiary/aromatic N) is 2. The van der Waals surface area contributed by atoms with E-state index >= 15 is 0 Å². The van der Waals surface area contributed by atoms with Gasteiger partial charge in [0.15, 0.2) is 0 Å². The highest BCUT2D eigenvalue weighted by Gasteiger charge is 2.38. The maximum absolute atomic E-state index is 12.4. The van der Waals surface area contributed by atoms with Crippen molar-refractivity contribution in [3.05, 3.63) is 66.0 Å². The van der Waals surface area contributed by atoms with Crippen molar-refractivity contribution in [2.45, 2.75) is 25.3 Å². The molecule has 2 heterocycles. The first-order valence-electron chi connectivity index (χ1n) is 8.96. The van der Waals surface area contributed by atoms with Crippen molar-refractivity contribution in [3.63, 3.8) is 0 Å². The lowest BCUT2D eigenvalue weighted by Gasteiger charge is -2.13. The Kier molecular flexibility index (Phi) is 6.14. The van der Waals surface area contributed by atoms with Crippen LogP contribution in [-0.2, 0) is 22.4 Å². The molecule has 0 saturated carbocycles. The third-order valence-corrected chi connectivity index (χ3v) is 4.39. The van der Waals surface area contributed by atoms with Gasteiger partial charge >= 0.3 is 6.03 Å². The van der Waals surface area contributed by atoms with E-state index < -0.39 is 12.1 Å². The third-order valence-electron chi connectivity index (χ3n) is 4.39. The van der Waals surface area contributed by atoms with E-state index in [2.05, 4.69) is 15.6 Å². The van der Waals surface area contributed by atoms with E-state index in [1.165, 1.54) is 4.90 Å². The van der Waals surface area contributed by atoms with E-state index in [9.17, 15) is 14.4 Å². The van der Waals surface area contributed by atoms with Gasteiger partial charge in [0.05, 0.1) is 6.42 Å². The molecule has 1 aromatic carbocycles. The van der Waals surface area contributed by atoms with E-state index in [0.29, 0.717) is 25.9 Å². The lowest BCUT2D eigenvalue weighted by Crippen LogP contribution is -2.37. The number of carbonyl (C=O) groups is 3. The van der Waals surface area contributed by atoms with Gasteiger partial charge in [-0.1, -0.05) is 36.4 Å². The molecule has 1 aromatic heterocycles. The molecule has 0 spiro atoms. The normalized spacial score (nSPS) is 16.3. The quantitative estimate of drug-likeness (QED) is 0.689. The van der Waals surface area contributed by atoms with Crippen LogP contribution in [0.4, 0.5) is 4.79 Å². The van der Waals surface area contributed by atoms with Crippen LogP contribution in [0.25, 0.3) is 0 Å². The molecule has 7 nitrogen and oxygen atoms in total. The summed E-state index contributed by atoms with van der Waals surface area (Å²) in [6.45, 7) is 0.731. The van der Waals surface area contributed by atoms with Crippen molar-refractivity contribution in [1.29, 1.82) is 0 Å². The van der Waals surface area contributed by atoms with Crippen LogP contribution >= 0.6 is 0 Å². The van der Waals surface area contributed by atoms with Gasteiger partial charge in [-0.15, -0.1) is 0 Å². The second-order valence-corrected chi connectivity index (χ2v) is 6.35. The van der Waals surface area contributed by atoms with Crippen LogP contribution in [0, 0.1) is 0 Å². The molecule has 1 aliphatic heterocycles. The van der Waals surface area contributed by atoms with Crippen molar-refractivity contribution in [2.75, 3.05) is 13.1 Å². The fourth-order valence-electron chi connectivity index (χ4n) is 2.95. The first-order valence-corrected chi connectivity index (χ1v) is 8.96. The van der Waals surface area contributed by atoms with E-state index in [1.54, 1.807) is 6.20 Å². The topological polar surface area (TPSA) is 91.4 Å². The number of aromatic nitrogens is 1. The maximum atomic E-state index is 12.4. The van der Waals surface area contributed by atoms with E-state index in [-0.39, 0.29) is 18.2 Å².